The maximum atomic E-state index is 13.2. The molecule has 0 spiro atoms. The van der Waals surface area contributed by atoms with E-state index < -0.39 is 23.7 Å². The topological polar surface area (TPSA) is 20.2 Å². The number of aliphatic hydroxyl groups is 1. The van der Waals surface area contributed by atoms with Crippen molar-refractivity contribution in [3.05, 3.63) is 35.1 Å². The third kappa shape index (κ3) is 3.48. The monoisotopic (exact) mass is 236 g/mol. The maximum absolute atomic E-state index is 13.2. The van der Waals surface area contributed by atoms with Gasteiger partial charge in [0.05, 0.1) is 11.7 Å². The van der Waals surface area contributed by atoms with Gasteiger partial charge in [0, 0.05) is 0 Å². The molecule has 0 aliphatic heterocycles. The van der Waals surface area contributed by atoms with Crippen molar-refractivity contribution in [2.75, 3.05) is 0 Å². The number of aryl methyl sites for hydroxylation is 1. The fourth-order valence-electron chi connectivity index (χ4n) is 1.29. The summed E-state index contributed by atoms with van der Waals surface area (Å²) in [7, 11) is 0. The average molecular weight is 236 g/mol. The molecule has 0 heterocycles. The van der Waals surface area contributed by atoms with Gasteiger partial charge in [0.25, 0.3) is 0 Å². The highest BCUT2D eigenvalue weighted by Gasteiger charge is 2.31. The summed E-state index contributed by atoms with van der Waals surface area (Å²) in [6.07, 6.45) is -4.57. The van der Waals surface area contributed by atoms with Gasteiger partial charge < -0.3 is 5.11 Å². The molecule has 0 amide bonds. The Kier molecular flexibility index (Phi) is 3.91. The van der Waals surface area contributed by atoms with Gasteiger partial charge in [0.1, 0.15) is 5.82 Å². The van der Waals surface area contributed by atoms with Gasteiger partial charge in [-0.1, -0.05) is 6.07 Å². The molecule has 1 nitrogen and oxygen atoms in total. The Morgan fingerprint density at radius 1 is 1.31 bits per heavy atom. The van der Waals surface area contributed by atoms with E-state index >= 15 is 0 Å². The lowest BCUT2D eigenvalue weighted by atomic mass is 10.0. The Hall–Kier alpha value is -1.10. The van der Waals surface area contributed by atoms with Crippen LogP contribution >= 0.6 is 0 Å². The fraction of sp³-hybridized carbons (Fsp3) is 0.455. The Morgan fingerprint density at radius 3 is 2.38 bits per heavy atom. The smallest absolute Gasteiger partial charge is 0.393 e. The quantitative estimate of drug-likeness (QED) is 0.799. The highest BCUT2D eigenvalue weighted by atomic mass is 19.4. The van der Waals surface area contributed by atoms with Crippen molar-refractivity contribution in [3.8, 4) is 0 Å². The lowest BCUT2D eigenvalue weighted by Crippen LogP contribution is -2.07. The SMILES string of the molecule is C[C@@H](O)CCc1ccc(C(F)(F)F)cc1F. The van der Waals surface area contributed by atoms with Crippen LogP contribution in [0.5, 0.6) is 0 Å². The van der Waals surface area contributed by atoms with Gasteiger partial charge in [-0.25, -0.2) is 4.39 Å². The summed E-state index contributed by atoms with van der Waals surface area (Å²) in [5.74, 6) is -0.879. The molecule has 0 fully saturated rings. The molecule has 16 heavy (non-hydrogen) atoms. The third-order valence-electron chi connectivity index (χ3n) is 2.21. The van der Waals surface area contributed by atoms with E-state index in [1.165, 1.54) is 0 Å². The summed E-state index contributed by atoms with van der Waals surface area (Å²) >= 11 is 0. The molecule has 0 saturated carbocycles. The second-order valence-electron chi connectivity index (χ2n) is 3.69. The van der Waals surface area contributed by atoms with E-state index in [-0.39, 0.29) is 12.0 Å². The van der Waals surface area contributed by atoms with Gasteiger partial charge >= 0.3 is 6.18 Å². The predicted octanol–water partition coefficient (Wildman–Crippen LogP) is 3.16. The first kappa shape index (κ1) is 13.0. The second-order valence-corrected chi connectivity index (χ2v) is 3.69. The molecule has 1 aromatic rings. The van der Waals surface area contributed by atoms with E-state index in [0.717, 1.165) is 12.1 Å². The average Bonchev–Trinajstić information content (AvgIpc) is 2.14. The molecule has 1 atom stereocenters. The van der Waals surface area contributed by atoms with Gasteiger partial charge in [-0.3, -0.25) is 0 Å². The van der Waals surface area contributed by atoms with Crippen LogP contribution in [-0.2, 0) is 12.6 Å². The lowest BCUT2D eigenvalue weighted by Gasteiger charge is -2.09. The number of halogens is 4. The molecule has 1 N–H and O–H groups in total. The zero-order chi connectivity index (χ0) is 12.3. The number of hydrogen-bond acceptors (Lipinski definition) is 1. The summed E-state index contributed by atoms with van der Waals surface area (Å²) in [4.78, 5) is 0. The van der Waals surface area contributed by atoms with Gasteiger partial charge in [-0.2, -0.15) is 13.2 Å². The largest absolute Gasteiger partial charge is 0.416 e. The minimum absolute atomic E-state index is 0.189. The number of benzene rings is 1. The van der Waals surface area contributed by atoms with E-state index in [1.807, 2.05) is 0 Å². The van der Waals surface area contributed by atoms with Crippen LogP contribution < -0.4 is 0 Å². The Labute approximate surface area is 90.7 Å². The maximum Gasteiger partial charge on any atom is 0.416 e. The summed E-state index contributed by atoms with van der Waals surface area (Å²) < 4.78 is 49.9. The number of aliphatic hydroxyl groups excluding tert-OH is 1. The molecule has 1 aromatic carbocycles. The molecule has 1 rings (SSSR count). The van der Waals surface area contributed by atoms with Gasteiger partial charge in [-0.15, -0.1) is 0 Å². The second kappa shape index (κ2) is 4.82. The first-order valence-electron chi connectivity index (χ1n) is 4.84. The highest BCUT2D eigenvalue weighted by Crippen LogP contribution is 2.30. The Bertz CT molecular complexity index is 357. The van der Waals surface area contributed by atoms with Crippen molar-refractivity contribution in [3.63, 3.8) is 0 Å². The normalized spacial score (nSPS) is 13.9. The van der Waals surface area contributed by atoms with Crippen molar-refractivity contribution in [2.24, 2.45) is 0 Å². The minimum atomic E-state index is -4.52. The number of rotatable bonds is 3. The van der Waals surface area contributed by atoms with Crippen LogP contribution in [0.4, 0.5) is 17.6 Å². The zero-order valence-electron chi connectivity index (χ0n) is 8.68. The molecule has 0 bridgehead atoms. The molecule has 0 aromatic heterocycles. The van der Waals surface area contributed by atoms with Gasteiger partial charge in [0.15, 0.2) is 0 Å². The summed E-state index contributed by atoms with van der Waals surface area (Å²) in [5, 5.41) is 8.99. The van der Waals surface area contributed by atoms with Crippen LogP contribution in [0.25, 0.3) is 0 Å². The van der Waals surface area contributed by atoms with Crippen molar-refractivity contribution in [1.82, 2.24) is 0 Å². The molecule has 0 aliphatic rings. The van der Waals surface area contributed by atoms with Crippen LogP contribution in [0, 0.1) is 5.82 Å². The molecule has 0 aliphatic carbocycles. The molecule has 0 radical (unpaired) electrons. The summed E-state index contributed by atoms with van der Waals surface area (Å²) in [6, 6.07) is 2.44. The standard InChI is InChI=1S/C11H12F4O/c1-7(16)2-3-8-4-5-9(6-10(8)12)11(13,14)15/h4-7,16H,2-3H2,1H3/t7-/m1/s1. The summed E-state index contributed by atoms with van der Waals surface area (Å²) in [5.41, 5.74) is -0.806. The Morgan fingerprint density at radius 2 is 1.94 bits per heavy atom. The van der Waals surface area contributed by atoms with Crippen LogP contribution in [0.15, 0.2) is 18.2 Å². The molecule has 5 heteroatoms. The highest BCUT2D eigenvalue weighted by molar-refractivity contribution is 5.26. The van der Waals surface area contributed by atoms with Gasteiger partial charge in [0.2, 0.25) is 0 Å². The van der Waals surface area contributed by atoms with Crippen molar-refractivity contribution in [1.29, 1.82) is 0 Å². The Balaban J connectivity index is 2.84. The van der Waals surface area contributed by atoms with E-state index in [9.17, 15) is 17.6 Å². The lowest BCUT2D eigenvalue weighted by molar-refractivity contribution is -0.137. The zero-order valence-corrected chi connectivity index (χ0v) is 8.68. The fourth-order valence-corrected chi connectivity index (χ4v) is 1.29. The number of hydrogen-bond donors (Lipinski definition) is 1. The van der Waals surface area contributed by atoms with Crippen molar-refractivity contribution >= 4 is 0 Å². The predicted molar refractivity (Wildman–Crippen MR) is 51.4 cm³/mol. The van der Waals surface area contributed by atoms with E-state index in [2.05, 4.69) is 0 Å². The molecule has 90 valence electrons. The van der Waals surface area contributed by atoms with Crippen LogP contribution in [-0.4, -0.2) is 11.2 Å². The molecular formula is C11H12F4O. The van der Waals surface area contributed by atoms with E-state index in [4.69, 9.17) is 5.11 Å². The first-order chi connectivity index (χ1) is 7.30. The molecule has 0 unspecified atom stereocenters. The first-order valence-corrected chi connectivity index (χ1v) is 4.84. The van der Waals surface area contributed by atoms with Crippen molar-refractivity contribution in [2.45, 2.75) is 32.0 Å². The van der Waals surface area contributed by atoms with Crippen LogP contribution in [0.2, 0.25) is 0 Å². The van der Waals surface area contributed by atoms with Crippen LogP contribution in [0.3, 0.4) is 0 Å². The van der Waals surface area contributed by atoms with E-state index in [1.54, 1.807) is 6.92 Å². The van der Waals surface area contributed by atoms with Crippen LogP contribution in [0.1, 0.15) is 24.5 Å². The summed E-state index contributed by atoms with van der Waals surface area (Å²) in [6.45, 7) is 1.54. The molecule has 0 saturated heterocycles. The number of alkyl halides is 3. The molecular weight excluding hydrogens is 224 g/mol. The van der Waals surface area contributed by atoms with E-state index in [0.29, 0.717) is 12.5 Å². The third-order valence-corrected chi connectivity index (χ3v) is 2.21. The van der Waals surface area contributed by atoms with Gasteiger partial charge in [-0.05, 0) is 37.5 Å². The minimum Gasteiger partial charge on any atom is -0.393 e. The van der Waals surface area contributed by atoms with Crippen molar-refractivity contribution < 1.29 is 22.7 Å².